The summed E-state index contributed by atoms with van der Waals surface area (Å²) in [4.78, 5) is 38.4. The largest absolute Gasteiger partial charge is 0.456 e. The molecular weight excluding hydrogens is 468 g/mol. The molecule has 3 unspecified atom stereocenters. The van der Waals surface area contributed by atoms with Crippen LogP contribution in [0, 0.1) is 5.41 Å². The SMILES string of the molecule is COC1CN(C2=C(C)C(=O)OC2)C(=O)C12CC1CCC(C2)N1C[C@H](O)c1cnc(-n2cnnn2)cn1. The number of nitrogens with zero attached hydrogens (tertiary/aromatic N) is 8. The Hall–Kier alpha value is -3.29. The van der Waals surface area contributed by atoms with Crippen molar-refractivity contribution in [2.75, 3.05) is 26.8 Å². The van der Waals surface area contributed by atoms with Crippen LogP contribution >= 0.6 is 0 Å². The number of rotatable bonds is 6. The highest BCUT2D eigenvalue weighted by Crippen LogP contribution is 2.53. The average molecular weight is 497 g/mol. The van der Waals surface area contributed by atoms with E-state index in [1.807, 2.05) is 0 Å². The molecule has 1 amide bonds. The van der Waals surface area contributed by atoms with Crippen molar-refractivity contribution in [3.05, 3.63) is 35.7 Å². The summed E-state index contributed by atoms with van der Waals surface area (Å²) in [6.07, 6.45) is 6.61. The third kappa shape index (κ3) is 3.52. The molecule has 2 bridgehead atoms. The molecule has 2 aromatic heterocycles. The van der Waals surface area contributed by atoms with Crippen molar-refractivity contribution in [1.82, 2.24) is 40.0 Å². The maximum absolute atomic E-state index is 13.8. The Morgan fingerprint density at radius 1 is 1.22 bits per heavy atom. The Morgan fingerprint density at radius 2 is 2.00 bits per heavy atom. The van der Waals surface area contributed by atoms with Gasteiger partial charge in [0.1, 0.15) is 19.0 Å². The molecule has 1 N–H and O–H groups in total. The smallest absolute Gasteiger partial charge is 0.336 e. The lowest BCUT2D eigenvalue weighted by Crippen LogP contribution is -2.54. The minimum Gasteiger partial charge on any atom is -0.456 e. The van der Waals surface area contributed by atoms with E-state index in [9.17, 15) is 14.7 Å². The molecule has 3 saturated heterocycles. The number of fused-ring (bicyclic) bond motifs is 2. The van der Waals surface area contributed by atoms with Crippen molar-refractivity contribution in [2.45, 2.75) is 56.9 Å². The number of cyclic esters (lactones) is 1. The first-order valence-electron chi connectivity index (χ1n) is 12.1. The monoisotopic (exact) mass is 496 g/mol. The van der Waals surface area contributed by atoms with Crippen LogP contribution in [-0.4, -0.2) is 102 Å². The highest BCUT2D eigenvalue weighted by atomic mass is 16.5. The van der Waals surface area contributed by atoms with Crippen molar-refractivity contribution in [3.63, 3.8) is 0 Å². The van der Waals surface area contributed by atoms with Crippen LogP contribution in [0.2, 0.25) is 0 Å². The normalized spacial score (nSPS) is 31.1. The predicted molar refractivity (Wildman–Crippen MR) is 121 cm³/mol. The standard InChI is InChI=1S/C23H28N8O5/c1-13-17(11-36-21(13)33)30-10-19(35-2)23(22(30)34)5-14-3-4-15(6-23)29(14)9-18(32)16-7-25-20(8-24-16)31-12-26-27-28-31/h7-8,12,14-15,18-19,32H,3-6,9-11H2,1-2H3/t14?,15?,18-,19?,23?/m0/s1. The molecule has 0 aromatic carbocycles. The van der Waals surface area contributed by atoms with Gasteiger partial charge in [-0.1, -0.05) is 0 Å². The molecule has 13 nitrogen and oxygen atoms in total. The molecule has 4 aliphatic rings. The molecule has 13 heteroatoms. The summed E-state index contributed by atoms with van der Waals surface area (Å²) in [6, 6.07) is 0.287. The number of carbonyl (C=O) groups is 2. The van der Waals surface area contributed by atoms with Crippen molar-refractivity contribution in [1.29, 1.82) is 0 Å². The van der Waals surface area contributed by atoms with Gasteiger partial charge in [-0.2, -0.15) is 4.68 Å². The maximum Gasteiger partial charge on any atom is 0.336 e. The minimum atomic E-state index is -0.818. The zero-order chi connectivity index (χ0) is 25.0. The van der Waals surface area contributed by atoms with Crippen LogP contribution in [0.25, 0.3) is 5.82 Å². The van der Waals surface area contributed by atoms with Crippen LogP contribution in [-0.2, 0) is 19.1 Å². The summed E-state index contributed by atoms with van der Waals surface area (Å²) in [5.41, 5.74) is 0.968. The van der Waals surface area contributed by atoms with E-state index < -0.39 is 11.5 Å². The fourth-order valence-electron chi connectivity index (χ4n) is 6.41. The average Bonchev–Trinajstić information content (AvgIpc) is 3.64. The minimum absolute atomic E-state index is 0.0168. The van der Waals surface area contributed by atoms with Crippen LogP contribution in [0.4, 0.5) is 0 Å². The molecule has 2 aromatic rings. The first-order valence-corrected chi connectivity index (χ1v) is 12.1. The summed E-state index contributed by atoms with van der Waals surface area (Å²) in [5.74, 6) is 0.111. The van der Waals surface area contributed by atoms with Crippen LogP contribution in [0.1, 0.15) is 44.4 Å². The number of aromatic nitrogens is 6. The van der Waals surface area contributed by atoms with Gasteiger partial charge in [-0.3, -0.25) is 14.7 Å². The number of carbonyl (C=O) groups excluding carboxylic acids is 2. The van der Waals surface area contributed by atoms with Crippen LogP contribution in [0.15, 0.2) is 30.0 Å². The predicted octanol–water partition coefficient (Wildman–Crippen LogP) is -0.213. The van der Waals surface area contributed by atoms with Gasteiger partial charge in [0.05, 0.1) is 47.4 Å². The number of aliphatic hydroxyl groups excluding tert-OH is 1. The van der Waals surface area contributed by atoms with Gasteiger partial charge in [0.2, 0.25) is 5.91 Å². The second kappa shape index (κ2) is 8.68. The number of ether oxygens (including phenoxy) is 2. The van der Waals surface area contributed by atoms with E-state index in [0.717, 1.165) is 12.8 Å². The van der Waals surface area contributed by atoms with E-state index in [-0.39, 0.29) is 36.7 Å². The van der Waals surface area contributed by atoms with E-state index in [4.69, 9.17) is 9.47 Å². The molecule has 0 radical (unpaired) electrons. The number of aliphatic hydroxyl groups is 1. The second-order valence-electron chi connectivity index (χ2n) is 10.0. The Morgan fingerprint density at radius 3 is 2.58 bits per heavy atom. The maximum atomic E-state index is 13.8. The van der Waals surface area contributed by atoms with E-state index in [0.29, 0.717) is 48.7 Å². The number of esters is 1. The summed E-state index contributed by atoms with van der Waals surface area (Å²) >= 11 is 0. The van der Waals surface area contributed by atoms with Crippen LogP contribution in [0.3, 0.4) is 0 Å². The van der Waals surface area contributed by atoms with E-state index in [2.05, 4.69) is 30.4 Å². The molecule has 0 aliphatic carbocycles. The number of amides is 1. The third-order valence-corrected chi connectivity index (χ3v) is 8.26. The number of likely N-dealkylation sites (tertiary alicyclic amines) is 1. The van der Waals surface area contributed by atoms with Gasteiger partial charge >= 0.3 is 5.97 Å². The fourth-order valence-corrected chi connectivity index (χ4v) is 6.41. The van der Waals surface area contributed by atoms with Crippen molar-refractivity contribution in [3.8, 4) is 5.82 Å². The summed E-state index contributed by atoms with van der Waals surface area (Å²) < 4.78 is 12.4. The molecule has 4 aliphatic heterocycles. The van der Waals surface area contributed by atoms with Gasteiger partial charge in [0, 0.05) is 25.7 Å². The van der Waals surface area contributed by atoms with Gasteiger partial charge in [-0.05, 0) is 43.0 Å². The Labute approximate surface area is 207 Å². The number of hydrogen-bond donors (Lipinski definition) is 1. The van der Waals surface area contributed by atoms with Gasteiger partial charge < -0.3 is 19.5 Å². The lowest BCUT2D eigenvalue weighted by atomic mass is 9.71. The number of hydrogen-bond acceptors (Lipinski definition) is 11. The Kier molecular flexibility index (Phi) is 5.57. The molecule has 3 fully saturated rings. The highest BCUT2D eigenvalue weighted by Gasteiger charge is 2.61. The summed E-state index contributed by atoms with van der Waals surface area (Å²) in [6.45, 7) is 2.66. The van der Waals surface area contributed by atoms with Crippen LogP contribution < -0.4 is 0 Å². The van der Waals surface area contributed by atoms with Crippen molar-refractivity contribution >= 4 is 11.9 Å². The lowest BCUT2D eigenvalue weighted by molar-refractivity contribution is -0.144. The molecule has 0 saturated carbocycles. The first-order chi connectivity index (χ1) is 17.4. The number of tetrazole rings is 1. The van der Waals surface area contributed by atoms with Gasteiger partial charge in [0.25, 0.3) is 0 Å². The fraction of sp³-hybridized carbons (Fsp3) is 0.609. The quantitative estimate of drug-likeness (QED) is 0.529. The highest BCUT2D eigenvalue weighted by molar-refractivity contribution is 5.94. The van der Waals surface area contributed by atoms with E-state index in [1.54, 1.807) is 18.9 Å². The first kappa shape index (κ1) is 23.1. The van der Waals surface area contributed by atoms with Gasteiger partial charge in [-0.15, -0.1) is 5.10 Å². The third-order valence-electron chi connectivity index (χ3n) is 8.26. The molecule has 4 atom stereocenters. The number of piperidine rings is 1. The number of methoxy groups -OCH3 is 1. The molecule has 36 heavy (non-hydrogen) atoms. The molecule has 190 valence electrons. The molecule has 1 spiro atoms. The zero-order valence-electron chi connectivity index (χ0n) is 20.1. The van der Waals surface area contributed by atoms with Crippen molar-refractivity contribution < 1.29 is 24.2 Å². The van der Waals surface area contributed by atoms with Crippen LogP contribution in [0.5, 0.6) is 0 Å². The Bertz CT molecular complexity index is 1190. The molecular formula is C23H28N8O5. The lowest BCUT2D eigenvalue weighted by Gasteiger charge is -2.46. The van der Waals surface area contributed by atoms with Gasteiger partial charge in [0.15, 0.2) is 5.82 Å². The summed E-state index contributed by atoms with van der Waals surface area (Å²) in [7, 11) is 1.65. The van der Waals surface area contributed by atoms with E-state index in [1.165, 1.54) is 23.4 Å². The van der Waals surface area contributed by atoms with Gasteiger partial charge in [-0.25, -0.2) is 9.78 Å². The topological polar surface area (TPSA) is 149 Å². The second-order valence-corrected chi connectivity index (χ2v) is 10.0. The zero-order valence-corrected chi connectivity index (χ0v) is 20.1. The van der Waals surface area contributed by atoms with Crippen molar-refractivity contribution in [2.24, 2.45) is 5.41 Å². The molecule has 6 heterocycles. The van der Waals surface area contributed by atoms with E-state index >= 15 is 0 Å². The summed E-state index contributed by atoms with van der Waals surface area (Å²) in [5, 5.41) is 21.9. The Balaban J connectivity index is 1.18. The molecule has 6 rings (SSSR count).